The maximum atomic E-state index is 12.0. The number of ether oxygens (including phenoxy) is 1. The highest BCUT2D eigenvalue weighted by molar-refractivity contribution is 5.76. The molecule has 0 aromatic heterocycles. The number of nitrogens with one attached hydrogen (secondary N) is 2. The minimum absolute atomic E-state index is 0.163. The minimum Gasteiger partial charge on any atom is -0.378 e. The number of carbonyl (C=O) groups excluding carboxylic acids is 1. The van der Waals surface area contributed by atoms with Gasteiger partial charge in [0.25, 0.3) is 0 Å². The molecule has 18 heavy (non-hydrogen) atoms. The van der Waals surface area contributed by atoms with Crippen LogP contribution < -0.4 is 10.6 Å². The van der Waals surface area contributed by atoms with Gasteiger partial charge in [0.05, 0.1) is 13.2 Å². The average molecular weight is 254 g/mol. The number of hydrogen-bond acceptors (Lipinski definition) is 3. The van der Waals surface area contributed by atoms with E-state index in [0.29, 0.717) is 25.0 Å². The highest BCUT2D eigenvalue weighted by Crippen LogP contribution is 2.26. The fourth-order valence-electron chi connectivity index (χ4n) is 3.04. The van der Waals surface area contributed by atoms with Crippen molar-refractivity contribution in [1.82, 2.24) is 10.6 Å². The number of morpholine rings is 1. The summed E-state index contributed by atoms with van der Waals surface area (Å²) in [6.07, 6.45) is 7.09. The standard InChI is InChI=1S/C14H26N2O2/c1-11(12-5-3-2-4-6-12)16-14(17)9-13-10-18-8-7-15-13/h11-13,15H,2-10H2,1H3,(H,16,17). The molecule has 1 saturated carbocycles. The lowest BCUT2D eigenvalue weighted by atomic mass is 9.84. The van der Waals surface area contributed by atoms with E-state index in [1.54, 1.807) is 0 Å². The first-order valence-corrected chi connectivity index (χ1v) is 7.36. The Bertz CT molecular complexity index is 259. The summed E-state index contributed by atoms with van der Waals surface area (Å²) < 4.78 is 5.36. The van der Waals surface area contributed by atoms with E-state index in [2.05, 4.69) is 17.6 Å². The summed E-state index contributed by atoms with van der Waals surface area (Å²) in [5.74, 6) is 0.842. The molecule has 1 saturated heterocycles. The molecule has 0 bridgehead atoms. The van der Waals surface area contributed by atoms with Crippen molar-refractivity contribution in [1.29, 1.82) is 0 Å². The van der Waals surface area contributed by atoms with Crippen LogP contribution in [0.3, 0.4) is 0 Å². The fourth-order valence-corrected chi connectivity index (χ4v) is 3.04. The van der Waals surface area contributed by atoms with Gasteiger partial charge in [0, 0.05) is 25.0 Å². The molecule has 2 rings (SSSR count). The van der Waals surface area contributed by atoms with Crippen molar-refractivity contribution in [3.05, 3.63) is 0 Å². The highest BCUT2D eigenvalue weighted by Gasteiger charge is 2.23. The third kappa shape index (κ3) is 4.25. The van der Waals surface area contributed by atoms with Gasteiger partial charge >= 0.3 is 0 Å². The molecule has 4 heteroatoms. The number of carbonyl (C=O) groups is 1. The minimum atomic E-state index is 0.163. The number of rotatable bonds is 4. The van der Waals surface area contributed by atoms with Gasteiger partial charge in [-0.1, -0.05) is 19.3 Å². The third-order valence-electron chi connectivity index (χ3n) is 4.18. The molecular formula is C14H26N2O2. The van der Waals surface area contributed by atoms with E-state index in [1.165, 1.54) is 32.1 Å². The Kier molecular flexibility index (Phi) is 5.45. The molecule has 1 aliphatic heterocycles. The van der Waals surface area contributed by atoms with Crippen molar-refractivity contribution in [3.63, 3.8) is 0 Å². The first-order chi connectivity index (χ1) is 8.75. The quantitative estimate of drug-likeness (QED) is 0.798. The molecule has 1 heterocycles. The molecule has 4 nitrogen and oxygen atoms in total. The number of amides is 1. The van der Waals surface area contributed by atoms with Crippen molar-refractivity contribution in [2.45, 2.75) is 57.5 Å². The second kappa shape index (κ2) is 7.10. The molecule has 2 fully saturated rings. The van der Waals surface area contributed by atoms with E-state index >= 15 is 0 Å². The van der Waals surface area contributed by atoms with Gasteiger partial charge < -0.3 is 15.4 Å². The molecule has 1 aliphatic carbocycles. The summed E-state index contributed by atoms with van der Waals surface area (Å²) in [5.41, 5.74) is 0. The lowest BCUT2D eigenvalue weighted by Crippen LogP contribution is -2.46. The second-order valence-electron chi connectivity index (χ2n) is 5.68. The summed E-state index contributed by atoms with van der Waals surface area (Å²) in [6.45, 7) is 4.43. The molecule has 0 radical (unpaired) electrons. The molecule has 2 atom stereocenters. The fraction of sp³-hybridized carbons (Fsp3) is 0.929. The van der Waals surface area contributed by atoms with Crippen LogP contribution in [-0.4, -0.2) is 37.7 Å². The molecule has 1 amide bonds. The lowest BCUT2D eigenvalue weighted by molar-refractivity contribution is -0.123. The van der Waals surface area contributed by atoms with E-state index < -0.39 is 0 Å². The molecule has 0 spiro atoms. The summed E-state index contributed by atoms with van der Waals surface area (Å²) >= 11 is 0. The molecule has 2 N–H and O–H groups in total. The van der Waals surface area contributed by atoms with Gasteiger partial charge in [0.1, 0.15) is 0 Å². The van der Waals surface area contributed by atoms with Crippen LogP contribution in [0.5, 0.6) is 0 Å². The van der Waals surface area contributed by atoms with Crippen molar-refractivity contribution in [2.24, 2.45) is 5.92 Å². The van der Waals surface area contributed by atoms with Crippen molar-refractivity contribution >= 4 is 5.91 Å². The largest absolute Gasteiger partial charge is 0.378 e. The highest BCUT2D eigenvalue weighted by atomic mass is 16.5. The van der Waals surface area contributed by atoms with Crippen molar-refractivity contribution < 1.29 is 9.53 Å². The predicted molar refractivity (Wildman–Crippen MR) is 71.4 cm³/mol. The van der Waals surface area contributed by atoms with Gasteiger partial charge in [-0.15, -0.1) is 0 Å². The molecule has 0 aromatic carbocycles. The van der Waals surface area contributed by atoms with E-state index in [-0.39, 0.29) is 11.9 Å². The predicted octanol–water partition coefficient (Wildman–Crippen LogP) is 1.45. The average Bonchev–Trinajstić information content (AvgIpc) is 2.40. The smallest absolute Gasteiger partial charge is 0.221 e. The zero-order chi connectivity index (χ0) is 12.8. The van der Waals surface area contributed by atoms with Gasteiger partial charge in [-0.25, -0.2) is 0 Å². The number of hydrogen-bond donors (Lipinski definition) is 2. The van der Waals surface area contributed by atoms with E-state index in [0.717, 1.165) is 13.2 Å². The van der Waals surface area contributed by atoms with Crippen LogP contribution in [0.4, 0.5) is 0 Å². The Morgan fingerprint density at radius 3 is 2.83 bits per heavy atom. The van der Waals surface area contributed by atoms with Crippen molar-refractivity contribution in [2.75, 3.05) is 19.8 Å². The zero-order valence-electron chi connectivity index (χ0n) is 11.4. The summed E-state index contributed by atoms with van der Waals surface area (Å²) in [7, 11) is 0. The Labute approximate surface area is 110 Å². The third-order valence-corrected chi connectivity index (χ3v) is 4.18. The lowest BCUT2D eigenvalue weighted by Gasteiger charge is -2.29. The molecule has 2 unspecified atom stereocenters. The van der Waals surface area contributed by atoms with Crippen molar-refractivity contribution in [3.8, 4) is 0 Å². The zero-order valence-corrected chi connectivity index (χ0v) is 11.4. The molecular weight excluding hydrogens is 228 g/mol. The Balaban J connectivity index is 1.68. The van der Waals surface area contributed by atoms with Crippen LogP contribution in [0.2, 0.25) is 0 Å². The Morgan fingerprint density at radius 1 is 1.39 bits per heavy atom. The van der Waals surface area contributed by atoms with Crippen LogP contribution in [0.15, 0.2) is 0 Å². The Hall–Kier alpha value is -0.610. The van der Waals surface area contributed by atoms with Crippen LogP contribution in [-0.2, 0) is 9.53 Å². The summed E-state index contributed by atoms with van der Waals surface area (Å²) in [4.78, 5) is 12.0. The summed E-state index contributed by atoms with van der Waals surface area (Å²) in [5, 5.41) is 6.48. The van der Waals surface area contributed by atoms with Gasteiger partial charge in [-0.2, -0.15) is 0 Å². The topological polar surface area (TPSA) is 50.4 Å². The van der Waals surface area contributed by atoms with Crippen LogP contribution >= 0.6 is 0 Å². The van der Waals surface area contributed by atoms with Crippen LogP contribution in [0, 0.1) is 5.92 Å². The molecule has 104 valence electrons. The van der Waals surface area contributed by atoms with Crippen LogP contribution in [0.1, 0.15) is 45.4 Å². The Morgan fingerprint density at radius 2 is 2.17 bits per heavy atom. The van der Waals surface area contributed by atoms with Gasteiger partial charge in [0.15, 0.2) is 0 Å². The molecule has 2 aliphatic rings. The SMILES string of the molecule is CC(NC(=O)CC1COCCN1)C1CCCCC1. The molecule has 0 aromatic rings. The normalized spacial score (nSPS) is 27.7. The van der Waals surface area contributed by atoms with Gasteiger partial charge in [-0.3, -0.25) is 4.79 Å². The summed E-state index contributed by atoms with van der Waals surface area (Å²) in [6, 6.07) is 0.514. The van der Waals surface area contributed by atoms with Gasteiger partial charge in [-0.05, 0) is 25.7 Å². The first kappa shape index (κ1) is 13.8. The second-order valence-corrected chi connectivity index (χ2v) is 5.68. The monoisotopic (exact) mass is 254 g/mol. The van der Waals surface area contributed by atoms with E-state index in [1.807, 2.05) is 0 Å². The maximum Gasteiger partial charge on any atom is 0.221 e. The first-order valence-electron chi connectivity index (χ1n) is 7.36. The maximum absolute atomic E-state index is 12.0. The van der Waals surface area contributed by atoms with E-state index in [4.69, 9.17) is 4.74 Å². The van der Waals surface area contributed by atoms with Crippen LogP contribution in [0.25, 0.3) is 0 Å². The van der Waals surface area contributed by atoms with Gasteiger partial charge in [0.2, 0.25) is 5.91 Å². The van der Waals surface area contributed by atoms with E-state index in [9.17, 15) is 4.79 Å².